The Morgan fingerprint density at radius 2 is 2.00 bits per heavy atom. The predicted molar refractivity (Wildman–Crippen MR) is 85.4 cm³/mol. The largest absolute Gasteiger partial charge is 0.398 e. The van der Waals surface area contributed by atoms with Gasteiger partial charge in [-0.3, -0.25) is 4.79 Å². The van der Waals surface area contributed by atoms with E-state index >= 15 is 0 Å². The lowest BCUT2D eigenvalue weighted by Crippen LogP contribution is -2.30. The number of nitrogens with two attached hydrogens (primary N) is 1. The molecule has 0 aliphatic rings. The van der Waals surface area contributed by atoms with Crippen LogP contribution in [0.25, 0.3) is 0 Å². The van der Waals surface area contributed by atoms with Gasteiger partial charge in [-0.2, -0.15) is 0 Å². The number of nitrogen functional groups attached to an aromatic ring is 1. The third-order valence-electron chi connectivity index (χ3n) is 3.25. The highest BCUT2D eigenvalue weighted by molar-refractivity contribution is 9.10. The summed E-state index contributed by atoms with van der Waals surface area (Å²) in [5, 5.41) is 0. The van der Waals surface area contributed by atoms with Gasteiger partial charge >= 0.3 is 0 Å². The first-order valence-electron chi connectivity index (χ1n) is 6.60. The molecule has 0 heterocycles. The van der Waals surface area contributed by atoms with E-state index in [4.69, 9.17) is 5.73 Å². The van der Waals surface area contributed by atoms with Gasteiger partial charge in [-0.15, -0.1) is 0 Å². The first-order chi connectivity index (χ1) is 10.0. The first kappa shape index (κ1) is 15.5. The fourth-order valence-corrected chi connectivity index (χ4v) is 2.27. The fourth-order valence-electron chi connectivity index (χ4n) is 2.02. The third-order valence-corrected chi connectivity index (χ3v) is 3.89. The molecule has 1 amide bonds. The van der Waals surface area contributed by atoms with Crippen molar-refractivity contribution in [3.63, 3.8) is 0 Å². The molecule has 0 spiro atoms. The SMILES string of the molecule is CCN(Cc1ccccc1N)C(=O)c1ccc(Br)c(F)c1. The van der Waals surface area contributed by atoms with Gasteiger partial charge < -0.3 is 10.6 Å². The van der Waals surface area contributed by atoms with Gasteiger partial charge in [0, 0.05) is 24.3 Å². The molecule has 2 aromatic carbocycles. The van der Waals surface area contributed by atoms with Gasteiger partial charge in [-0.1, -0.05) is 18.2 Å². The summed E-state index contributed by atoms with van der Waals surface area (Å²) < 4.78 is 13.9. The Labute approximate surface area is 131 Å². The van der Waals surface area contributed by atoms with E-state index < -0.39 is 5.82 Å². The second kappa shape index (κ2) is 6.72. The van der Waals surface area contributed by atoms with E-state index in [1.54, 1.807) is 17.0 Å². The standard InChI is InChI=1S/C16H16BrFN2O/c1-2-20(10-12-5-3-4-6-15(12)19)16(21)11-7-8-13(17)14(18)9-11/h3-9H,2,10,19H2,1H3. The fraction of sp³-hybridized carbons (Fsp3) is 0.188. The molecule has 2 N–H and O–H groups in total. The van der Waals surface area contributed by atoms with Crippen molar-refractivity contribution in [2.24, 2.45) is 0 Å². The van der Waals surface area contributed by atoms with Crippen LogP contribution >= 0.6 is 15.9 Å². The Kier molecular flexibility index (Phi) is 4.96. The monoisotopic (exact) mass is 350 g/mol. The van der Waals surface area contributed by atoms with Crippen molar-refractivity contribution < 1.29 is 9.18 Å². The van der Waals surface area contributed by atoms with Crippen LogP contribution in [0.3, 0.4) is 0 Å². The summed E-state index contributed by atoms with van der Waals surface area (Å²) in [6, 6.07) is 11.8. The molecule has 0 bridgehead atoms. The maximum Gasteiger partial charge on any atom is 0.254 e. The number of hydrogen-bond donors (Lipinski definition) is 1. The molecular formula is C16H16BrFN2O. The van der Waals surface area contributed by atoms with E-state index in [9.17, 15) is 9.18 Å². The van der Waals surface area contributed by atoms with Crippen LogP contribution in [0.4, 0.5) is 10.1 Å². The molecule has 3 nitrogen and oxygen atoms in total. The van der Waals surface area contributed by atoms with E-state index in [1.165, 1.54) is 12.1 Å². The molecule has 0 radical (unpaired) electrons. The number of rotatable bonds is 4. The van der Waals surface area contributed by atoms with E-state index in [1.807, 2.05) is 25.1 Å². The Bertz CT molecular complexity index is 660. The molecule has 0 aliphatic heterocycles. The van der Waals surface area contributed by atoms with E-state index in [-0.39, 0.29) is 5.91 Å². The topological polar surface area (TPSA) is 46.3 Å². The Morgan fingerprint density at radius 1 is 1.29 bits per heavy atom. The summed E-state index contributed by atoms with van der Waals surface area (Å²) in [4.78, 5) is 14.1. The zero-order valence-electron chi connectivity index (χ0n) is 11.6. The lowest BCUT2D eigenvalue weighted by atomic mass is 10.1. The highest BCUT2D eigenvalue weighted by Crippen LogP contribution is 2.19. The predicted octanol–water partition coefficient (Wildman–Crippen LogP) is 3.83. The van der Waals surface area contributed by atoms with E-state index in [2.05, 4.69) is 15.9 Å². The maximum absolute atomic E-state index is 13.6. The van der Waals surface area contributed by atoms with Crippen molar-refractivity contribution in [2.75, 3.05) is 12.3 Å². The Balaban J connectivity index is 2.22. The minimum Gasteiger partial charge on any atom is -0.398 e. The molecule has 2 aromatic rings. The van der Waals surface area contributed by atoms with Crippen molar-refractivity contribution in [3.05, 3.63) is 63.9 Å². The first-order valence-corrected chi connectivity index (χ1v) is 7.40. The second-order valence-corrected chi connectivity index (χ2v) is 5.50. The molecule has 0 saturated carbocycles. The number of carbonyl (C=O) groups is 1. The average molecular weight is 351 g/mol. The summed E-state index contributed by atoms with van der Waals surface area (Å²) in [5.41, 5.74) is 7.75. The number of carbonyl (C=O) groups excluding carboxylic acids is 1. The minimum absolute atomic E-state index is 0.216. The summed E-state index contributed by atoms with van der Waals surface area (Å²) in [5.74, 6) is -0.664. The molecule has 21 heavy (non-hydrogen) atoms. The highest BCUT2D eigenvalue weighted by atomic mass is 79.9. The summed E-state index contributed by atoms with van der Waals surface area (Å²) in [6.07, 6.45) is 0. The molecular weight excluding hydrogens is 335 g/mol. The van der Waals surface area contributed by atoms with Crippen LogP contribution < -0.4 is 5.73 Å². The average Bonchev–Trinajstić information content (AvgIpc) is 2.48. The molecule has 0 aliphatic carbocycles. The normalized spacial score (nSPS) is 10.4. The van der Waals surface area contributed by atoms with Crippen LogP contribution in [0.5, 0.6) is 0 Å². The summed E-state index contributed by atoms with van der Waals surface area (Å²) >= 11 is 3.08. The van der Waals surface area contributed by atoms with Gasteiger partial charge in [0.2, 0.25) is 0 Å². The van der Waals surface area contributed by atoms with Crippen molar-refractivity contribution in [1.82, 2.24) is 4.90 Å². The second-order valence-electron chi connectivity index (χ2n) is 4.65. The molecule has 2 rings (SSSR count). The number of amides is 1. The number of anilines is 1. The van der Waals surface area contributed by atoms with Gasteiger partial charge in [0.1, 0.15) is 5.82 Å². The third kappa shape index (κ3) is 3.61. The quantitative estimate of drug-likeness (QED) is 0.851. The molecule has 5 heteroatoms. The lowest BCUT2D eigenvalue weighted by molar-refractivity contribution is 0.0752. The van der Waals surface area contributed by atoms with Crippen molar-refractivity contribution in [2.45, 2.75) is 13.5 Å². The van der Waals surface area contributed by atoms with Gasteiger partial charge in [0.25, 0.3) is 5.91 Å². The molecule has 0 saturated heterocycles. The maximum atomic E-state index is 13.6. The highest BCUT2D eigenvalue weighted by Gasteiger charge is 2.16. The Morgan fingerprint density at radius 3 is 2.62 bits per heavy atom. The van der Waals surface area contributed by atoms with Crippen molar-refractivity contribution in [1.29, 1.82) is 0 Å². The van der Waals surface area contributed by atoms with Gasteiger partial charge in [-0.25, -0.2) is 4.39 Å². The zero-order chi connectivity index (χ0) is 15.4. The van der Waals surface area contributed by atoms with Gasteiger partial charge in [-0.05, 0) is 52.7 Å². The van der Waals surface area contributed by atoms with Crippen LogP contribution in [0.2, 0.25) is 0 Å². The van der Waals surface area contributed by atoms with Crippen LogP contribution in [0.1, 0.15) is 22.8 Å². The van der Waals surface area contributed by atoms with Crippen molar-refractivity contribution >= 4 is 27.5 Å². The lowest BCUT2D eigenvalue weighted by Gasteiger charge is -2.22. The molecule has 0 atom stereocenters. The minimum atomic E-state index is -0.448. The number of nitrogens with zero attached hydrogens (tertiary/aromatic N) is 1. The van der Waals surface area contributed by atoms with Crippen LogP contribution in [-0.4, -0.2) is 17.4 Å². The molecule has 110 valence electrons. The molecule has 0 fully saturated rings. The summed E-state index contributed by atoms with van der Waals surface area (Å²) in [7, 11) is 0. The summed E-state index contributed by atoms with van der Waals surface area (Å²) in [6.45, 7) is 2.80. The van der Waals surface area contributed by atoms with Crippen LogP contribution in [0.15, 0.2) is 46.9 Å². The number of benzene rings is 2. The van der Waals surface area contributed by atoms with Crippen LogP contribution in [-0.2, 0) is 6.54 Å². The van der Waals surface area contributed by atoms with Gasteiger partial charge in [0.15, 0.2) is 0 Å². The number of hydrogen-bond acceptors (Lipinski definition) is 2. The van der Waals surface area contributed by atoms with E-state index in [0.29, 0.717) is 28.8 Å². The van der Waals surface area contributed by atoms with Gasteiger partial charge in [0.05, 0.1) is 4.47 Å². The number of para-hydroxylation sites is 1. The van der Waals surface area contributed by atoms with Crippen molar-refractivity contribution in [3.8, 4) is 0 Å². The molecule has 0 unspecified atom stereocenters. The molecule has 0 aromatic heterocycles. The zero-order valence-corrected chi connectivity index (χ0v) is 13.2. The smallest absolute Gasteiger partial charge is 0.254 e. The van der Waals surface area contributed by atoms with E-state index in [0.717, 1.165) is 5.56 Å². The van der Waals surface area contributed by atoms with Crippen LogP contribution in [0, 0.1) is 5.82 Å². The Hall–Kier alpha value is -1.88. The number of halogens is 2.